The first kappa shape index (κ1) is 66.9. The highest BCUT2D eigenvalue weighted by molar-refractivity contribution is 5.77. The lowest BCUT2D eigenvalue weighted by molar-refractivity contribution is -0.391. The number of nitrogens with one attached hydrogen (secondary N) is 3. The number of ether oxygens (including phenoxy) is 11. The van der Waals surface area contributed by atoms with E-state index in [9.17, 15) is 111 Å². The summed E-state index contributed by atoms with van der Waals surface area (Å²) in [6.07, 6.45) is -55.1. The third-order valence-corrected chi connectivity index (χ3v) is 14.5. The van der Waals surface area contributed by atoms with Crippen LogP contribution in [-0.4, -0.2) is 338 Å². The topological polar surface area (TPSA) is 570 Å². The molecule has 0 unspecified atom stereocenters. The van der Waals surface area contributed by atoms with Crippen LogP contribution < -0.4 is 16.0 Å². The van der Waals surface area contributed by atoms with Crippen molar-refractivity contribution in [3.05, 3.63) is 0 Å². The predicted octanol–water partition coefficient (Wildman–Crippen LogP) is -13.4. The zero-order chi connectivity index (χ0) is 60.3. The molecular weight excluding hydrogens is 1110 g/mol. The maximum Gasteiger partial charge on any atom is 0.364 e. The minimum Gasteiger partial charge on any atom is -0.477 e. The van der Waals surface area contributed by atoms with Crippen molar-refractivity contribution in [3.63, 3.8) is 0 Å². The quantitative estimate of drug-likeness (QED) is 0.0507. The lowest BCUT2D eigenvalue weighted by Crippen LogP contribution is -2.72. The van der Waals surface area contributed by atoms with Crippen molar-refractivity contribution in [1.82, 2.24) is 16.0 Å². The number of carboxylic acid groups (broad SMARTS) is 1. The molecule has 36 nitrogen and oxygen atoms in total. The number of carbonyl (C=O) groups is 4. The maximum atomic E-state index is 13.2. The lowest BCUT2D eigenvalue weighted by Gasteiger charge is -2.52. The third-order valence-electron chi connectivity index (χ3n) is 14.5. The molecule has 6 heterocycles. The highest BCUT2D eigenvalue weighted by Crippen LogP contribution is 2.40. The van der Waals surface area contributed by atoms with Crippen LogP contribution >= 0.6 is 0 Å². The Bertz CT molecular complexity index is 2070. The van der Waals surface area contributed by atoms with Crippen LogP contribution in [0.15, 0.2) is 0 Å². The van der Waals surface area contributed by atoms with E-state index in [2.05, 4.69) is 16.0 Å². The van der Waals surface area contributed by atoms with Crippen LogP contribution in [0, 0.1) is 0 Å². The summed E-state index contributed by atoms with van der Waals surface area (Å²) in [6.45, 7) is -1.08. The van der Waals surface area contributed by atoms with Crippen molar-refractivity contribution >= 4 is 23.7 Å². The van der Waals surface area contributed by atoms with Crippen LogP contribution in [0.1, 0.15) is 34.1 Å². The van der Waals surface area contributed by atoms with Gasteiger partial charge >= 0.3 is 5.97 Å². The van der Waals surface area contributed by atoms with Crippen LogP contribution in [0.3, 0.4) is 0 Å². The Labute approximate surface area is 459 Å². The Morgan fingerprint density at radius 2 is 1.01 bits per heavy atom. The lowest BCUT2D eigenvalue weighted by atomic mass is 9.88. The van der Waals surface area contributed by atoms with Crippen LogP contribution in [0.5, 0.6) is 0 Å². The fourth-order valence-electron chi connectivity index (χ4n) is 10.3. The Balaban J connectivity index is 1.36. The second-order valence-electron chi connectivity index (χ2n) is 20.4. The summed E-state index contributed by atoms with van der Waals surface area (Å²) >= 11 is 0. The predicted molar refractivity (Wildman–Crippen MR) is 250 cm³/mol. The standard InChI is InChI=1S/C45H75N3O33/c1-11-24(58)29(63)31(65)41(72-11)77-34-19(9-52)76-40(71-10-20-28(62)35(22(39(68)73-20)47-13(3)54)78-42-32(66)30(64)26(60)17(7-50)74-42)23(48-14(4)55)37(34)79-43-33(67)38(27(61)18(8-51)75-43)81-45(44(69)70)5-15(56)21(46-12(2)53)36(80-45)25(59)16(57)6-49/h11,15-43,49-52,56-68H,5-10H2,1-4H3,(H,46,53)(H,47,54)(H,48,55)(H,69,70)/t11-,15-,16+,17+,18+,19+,20+,21+,22+,23+,24+,25+,26-,27-,28-,29+,30-,31-,32+,33+,34+,35+,36+,37+,38-,39+,40+,41-,42-,43-,45-/m0/s1. The summed E-state index contributed by atoms with van der Waals surface area (Å²) in [7, 11) is 0. The first-order chi connectivity index (χ1) is 38.0. The van der Waals surface area contributed by atoms with E-state index < -0.39 is 253 Å². The molecule has 468 valence electrons. The van der Waals surface area contributed by atoms with Crippen LogP contribution in [-0.2, 0) is 71.3 Å². The molecule has 0 aromatic rings. The van der Waals surface area contributed by atoms with Gasteiger partial charge in [0, 0.05) is 27.2 Å². The molecule has 0 aliphatic carbocycles. The van der Waals surface area contributed by atoms with E-state index in [1.54, 1.807) is 0 Å². The minimum absolute atomic E-state index is 0.808. The number of aliphatic hydroxyl groups excluding tert-OH is 17. The monoisotopic (exact) mass is 1190 g/mol. The molecule has 0 aromatic carbocycles. The maximum absolute atomic E-state index is 13.2. The van der Waals surface area contributed by atoms with Gasteiger partial charge in [-0.15, -0.1) is 0 Å². The molecule has 6 saturated heterocycles. The molecule has 31 atom stereocenters. The van der Waals surface area contributed by atoms with Crippen molar-refractivity contribution in [3.8, 4) is 0 Å². The Hall–Kier alpha value is -3.24. The van der Waals surface area contributed by atoms with Gasteiger partial charge < -0.3 is 160 Å². The van der Waals surface area contributed by atoms with E-state index >= 15 is 0 Å². The number of aliphatic carboxylic acids is 1. The second kappa shape index (κ2) is 28.3. The average Bonchev–Trinajstić information content (AvgIpc) is 3.58. The number of rotatable bonds is 21. The van der Waals surface area contributed by atoms with Gasteiger partial charge in [-0.3, -0.25) is 14.4 Å². The van der Waals surface area contributed by atoms with E-state index in [0.29, 0.717) is 0 Å². The molecule has 0 radical (unpaired) electrons. The van der Waals surface area contributed by atoms with E-state index in [4.69, 9.17) is 52.1 Å². The van der Waals surface area contributed by atoms with Gasteiger partial charge in [-0.05, 0) is 6.92 Å². The molecule has 0 spiro atoms. The summed E-state index contributed by atoms with van der Waals surface area (Å²) in [4.78, 5) is 50.8. The minimum atomic E-state index is -3.26. The average molecular weight is 1190 g/mol. The number of carbonyl (C=O) groups excluding carboxylic acids is 3. The molecule has 6 aliphatic rings. The number of aliphatic hydroxyl groups is 17. The van der Waals surface area contributed by atoms with Crippen molar-refractivity contribution in [2.75, 3.05) is 33.0 Å². The summed E-state index contributed by atoms with van der Waals surface area (Å²) in [5.41, 5.74) is 0. The fourth-order valence-corrected chi connectivity index (χ4v) is 10.3. The van der Waals surface area contributed by atoms with Crippen molar-refractivity contribution in [2.45, 2.75) is 224 Å². The Morgan fingerprint density at radius 3 is 1.57 bits per heavy atom. The molecule has 21 N–H and O–H groups in total. The SMILES string of the molecule is CC(=O)N[C@@H]1[C@@H](O[C@@H]2O[C@H](CO)[C@H](O)[C@H](O)[C@H]2O)[C@@H](O)[C@@H](CO[C@@H]2O[C@H](CO)[C@@H](O[C@@H]3O[C@@H](C)[C@@H](O)[C@@H](O)[C@@H]3O)[C@H](O[C@@H]3O[C@H](CO)[C@H](O)[C@H](O[C@]4(C(=O)O)C[C@H](O)[C@@H](NC(C)=O)[C@H]([C@H](O)[C@H](O)CO)O4)[C@H]3O)[C@H]2NC(C)=O)O[C@H]1O. The largest absolute Gasteiger partial charge is 0.477 e. The Morgan fingerprint density at radius 1 is 0.531 bits per heavy atom. The van der Waals surface area contributed by atoms with E-state index in [0.717, 1.165) is 20.8 Å². The van der Waals surface area contributed by atoms with Crippen LogP contribution in [0.4, 0.5) is 0 Å². The van der Waals surface area contributed by atoms with Crippen molar-refractivity contribution < 1.29 is 163 Å². The number of amides is 3. The molecule has 36 heteroatoms. The molecule has 6 fully saturated rings. The van der Waals surface area contributed by atoms with Gasteiger partial charge in [-0.1, -0.05) is 0 Å². The van der Waals surface area contributed by atoms with Gasteiger partial charge in [0.1, 0.15) is 134 Å². The van der Waals surface area contributed by atoms with Crippen molar-refractivity contribution in [1.29, 1.82) is 0 Å². The molecule has 6 rings (SSSR count). The first-order valence-corrected chi connectivity index (χ1v) is 25.6. The smallest absolute Gasteiger partial charge is 0.364 e. The highest BCUT2D eigenvalue weighted by atomic mass is 16.8. The van der Waals surface area contributed by atoms with Gasteiger partial charge in [-0.2, -0.15) is 0 Å². The highest BCUT2D eigenvalue weighted by Gasteiger charge is 2.61. The molecule has 6 aliphatic heterocycles. The zero-order valence-corrected chi connectivity index (χ0v) is 43.7. The van der Waals surface area contributed by atoms with Gasteiger partial charge in [0.05, 0.1) is 51.3 Å². The van der Waals surface area contributed by atoms with Gasteiger partial charge in [0.2, 0.25) is 17.7 Å². The van der Waals surface area contributed by atoms with E-state index in [-0.39, 0.29) is 0 Å². The number of hydrogen-bond donors (Lipinski definition) is 21. The number of carboxylic acids is 1. The molecule has 81 heavy (non-hydrogen) atoms. The van der Waals surface area contributed by atoms with Crippen molar-refractivity contribution in [2.24, 2.45) is 0 Å². The number of hydrogen-bond acceptors (Lipinski definition) is 32. The molecule has 3 amide bonds. The normalized spacial score (nSPS) is 46.7. The Kier molecular flexibility index (Phi) is 23.4. The fraction of sp³-hybridized carbons (Fsp3) is 0.911. The molecule has 0 aromatic heterocycles. The van der Waals surface area contributed by atoms with E-state index in [1.165, 1.54) is 6.92 Å². The summed E-state index contributed by atoms with van der Waals surface area (Å²) in [5.74, 6) is -7.96. The summed E-state index contributed by atoms with van der Waals surface area (Å²) in [5, 5.41) is 201. The van der Waals surface area contributed by atoms with E-state index in [1.807, 2.05) is 0 Å². The zero-order valence-electron chi connectivity index (χ0n) is 43.7. The molecular formula is C45H75N3O33. The van der Waals surface area contributed by atoms with Gasteiger partial charge in [0.25, 0.3) is 5.79 Å². The molecule has 0 bridgehead atoms. The van der Waals surface area contributed by atoms with Gasteiger partial charge in [0.15, 0.2) is 31.5 Å². The molecule has 0 saturated carbocycles. The first-order valence-electron chi connectivity index (χ1n) is 25.6. The third kappa shape index (κ3) is 14.7. The van der Waals surface area contributed by atoms with Crippen LogP contribution in [0.25, 0.3) is 0 Å². The second-order valence-corrected chi connectivity index (χ2v) is 20.4. The summed E-state index contributed by atoms with van der Waals surface area (Å²) in [6, 6.07) is -5.27. The van der Waals surface area contributed by atoms with Gasteiger partial charge in [-0.25, -0.2) is 4.79 Å². The summed E-state index contributed by atoms with van der Waals surface area (Å²) < 4.78 is 64.2. The van der Waals surface area contributed by atoms with Crippen LogP contribution in [0.2, 0.25) is 0 Å².